The Bertz CT molecular complexity index is 1150. The van der Waals surface area contributed by atoms with E-state index in [4.69, 9.17) is 0 Å². The highest BCUT2D eigenvalue weighted by Crippen LogP contribution is 2.30. The second kappa shape index (κ2) is 8.20. The molecule has 0 radical (unpaired) electrons. The number of nitrogens with zero attached hydrogens (tertiary/aromatic N) is 5. The fourth-order valence-electron chi connectivity index (χ4n) is 3.11. The van der Waals surface area contributed by atoms with Gasteiger partial charge in [0.15, 0.2) is 0 Å². The summed E-state index contributed by atoms with van der Waals surface area (Å²) in [5, 5.41) is 21.6. The molecule has 12 heteroatoms. The highest BCUT2D eigenvalue weighted by Gasteiger charge is 2.30. The predicted molar refractivity (Wildman–Crippen MR) is 104 cm³/mol. The van der Waals surface area contributed by atoms with Crippen LogP contribution < -0.4 is 5.32 Å². The van der Waals surface area contributed by atoms with Crippen LogP contribution in [0, 0.1) is 30.9 Å². The van der Waals surface area contributed by atoms with Crippen molar-refractivity contribution in [2.45, 2.75) is 40.0 Å². The number of carbonyl (C=O) groups is 1. The van der Waals surface area contributed by atoms with E-state index in [-0.39, 0.29) is 18.9 Å². The van der Waals surface area contributed by atoms with E-state index in [1.807, 2.05) is 0 Å². The van der Waals surface area contributed by atoms with Crippen molar-refractivity contribution in [1.82, 2.24) is 19.6 Å². The monoisotopic (exact) mass is 436 g/mol. The summed E-state index contributed by atoms with van der Waals surface area (Å²) in [7, 11) is 0. The van der Waals surface area contributed by atoms with E-state index in [0.717, 1.165) is 12.1 Å². The number of aryl methyl sites for hydroxylation is 2. The number of benzene rings is 1. The topological polar surface area (TPSA) is 108 Å². The molecule has 3 aromatic rings. The predicted octanol–water partition coefficient (Wildman–Crippen LogP) is 3.62. The second-order valence-electron chi connectivity index (χ2n) is 7.01. The molecular weight excluding hydrogens is 417 g/mol. The summed E-state index contributed by atoms with van der Waals surface area (Å²) < 4.78 is 41.5. The maximum absolute atomic E-state index is 12.9. The summed E-state index contributed by atoms with van der Waals surface area (Å²) in [6.45, 7) is 4.80. The van der Waals surface area contributed by atoms with Crippen LogP contribution in [0.5, 0.6) is 0 Å². The van der Waals surface area contributed by atoms with E-state index in [1.165, 1.54) is 21.5 Å². The Hall–Kier alpha value is -3.70. The Morgan fingerprint density at radius 2 is 1.87 bits per heavy atom. The zero-order chi connectivity index (χ0) is 22.9. The van der Waals surface area contributed by atoms with Crippen LogP contribution >= 0.6 is 0 Å². The molecule has 164 valence electrons. The van der Waals surface area contributed by atoms with Gasteiger partial charge < -0.3 is 15.4 Å². The summed E-state index contributed by atoms with van der Waals surface area (Å²) in [5.41, 5.74) is 1.60. The van der Waals surface area contributed by atoms with Crippen molar-refractivity contribution < 1.29 is 22.9 Å². The maximum atomic E-state index is 12.9. The third-order valence-electron chi connectivity index (χ3n) is 4.68. The second-order valence-corrected chi connectivity index (χ2v) is 7.01. The quantitative estimate of drug-likeness (QED) is 0.469. The molecule has 31 heavy (non-hydrogen) atoms. The number of carbonyl (C=O) groups excluding carboxylic acids is 1. The van der Waals surface area contributed by atoms with Crippen molar-refractivity contribution in [2.24, 2.45) is 0 Å². The molecule has 1 N–H and O–H groups in total. The lowest BCUT2D eigenvalue weighted by Crippen LogP contribution is -2.21. The van der Waals surface area contributed by atoms with Crippen LogP contribution in [0.25, 0.3) is 0 Å². The van der Waals surface area contributed by atoms with Gasteiger partial charge in [-0.3, -0.25) is 9.48 Å². The molecule has 2 heterocycles. The Morgan fingerprint density at radius 1 is 1.16 bits per heavy atom. The van der Waals surface area contributed by atoms with Gasteiger partial charge in [-0.25, -0.2) is 0 Å². The fourth-order valence-corrected chi connectivity index (χ4v) is 3.11. The Kier molecular flexibility index (Phi) is 5.82. The molecule has 2 aromatic heterocycles. The van der Waals surface area contributed by atoms with E-state index in [9.17, 15) is 28.1 Å². The molecule has 0 aliphatic carbocycles. The molecular formula is C19H19F3N6O3. The lowest BCUT2D eigenvalue weighted by atomic mass is 10.1. The van der Waals surface area contributed by atoms with Crippen LogP contribution in [0.3, 0.4) is 0 Å². The number of aromatic nitrogens is 4. The molecule has 1 amide bonds. The first-order valence-electron chi connectivity index (χ1n) is 9.14. The van der Waals surface area contributed by atoms with E-state index in [1.54, 1.807) is 26.8 Å². The largest absolute Gasteiger partial charge is 0.416 e. The first-order chi connectivity index (χ1) is 14.5. The van der Waals surface area contributed by atoms with Gasteiger partial charge in [0.25, 0.3) is 0 Å². The lowest BCUT2D eigenvalue weighted by Gasteiger charge is -2.10. The minimum atomic E-state index is -4.44. The average Bonchev–Trinajstić information content (AvgIpc) is 3.16. The highest BCUT2D eigenvalue weighted by molar-refractivity contribution is 5.91. The standard InChI is InChI=1S/C19H19F3N6O3/c1-11-7-16(28(30)31)25-26(11)10-17(29)23-18-12(2)24-27(13(18)3)9-14-5-4-6-15(8-14)19(20,21)22/h4-8H,9-10H2,1-3H3,(H,23,29). The van der Waals surface area contributed by atoms with Crippen molar-refractivity contribution >= 4 is 17.4 Å². The van der Waals surface area contributed by atoms with E-state index in [2.05, 4.69) is 15.5 Å². The minimum absolute atomic E-state index is 0.0942. The van der Waals surface area contributed by atoms with Gasteiger partial charge in [0.1, 0.15) is 6.54 Å². The first kappa shape index (κ1) is 22.0. The van der Waals surface area contributed by atoms with Crippen LogP contribution in [0.1, 0.15) is 28.2 Å². The Labute approximate surface area is 174 Å². The fraction of sp³-hybridized carbons (Fsp3) is 0.316. The van der Waals surface area contributed by atoms with E-state index >= 15 is 0 Å². The van der Waals surface area contributed by atoms with Gasteiger partial charge in [0.2, 0.25) is 5.91 Å². The van der Waals surface area contributed by atoms with Gasteiger partial charge in [0.05, 0.1) is 46.0 Å². The van der Waals surface area contributed by atoms with Crippen molar-refractivity contribution in [1.29, 1.82) is 0 Å². The number of alkyl halides is 3. The zero-order valence-electron chi connectivity index (χ0n) is 16.9. The number of hydrogen-bond donors (Lipinski definition) is 1. The molecule has 0 fully saturated rings. The molecule has 3 rings (SSSR count). The molecule has 9 nitrogen and oxygen atoms in total. The third kappa shape index (κ3) is 4.90. The summed E-state index contributed by atoms with van der Waals surface area (Å²) in [4.78, 5) is 22.6. The van der Waals surface area contributed by atoms with Crippen LogP contribution in [0.4, 0.5) is 24.7 Å². The first-order valence-corrected chi connectivity index (χ1v) is 9.14. The Balaban J connectivity index is 1.76. The van der Waals surface area contributed by atoms with Crippen LogP contribution in [0.15, 0.2) is 30.3 Å². The zero-order valence-corrected chi connectivity index (χ0v) is 16.9. The molecule has 1 aromatic carbocycles. The van der Waals surface area contributed by atoms with Crippen LogP contribution in [-0.2, 0) is 24.1 Å². The van der Waals surface area contributed by atoms with Crippen LogP contribution in [-0.4, -0.2) is 30.4 Å². The molecule has 0 atom stereocenters. The third-order valence-corrected chi connectivity index (χ3v) is 4.68. The SMILES string of the molecule is Cc1nn(Cc2cccc(C(F)(F)F)c2)c(C)c1NC(=O)Cn1nc([N+](=O)[O-])cc1C. The number of hydrogen-bond acceptors (Lipinski definition) is 5. The molecule has 0 spiro atoms. The number of nitrogens with one attached hydrogen (secondary N) is 1. The number of rotatable bonds is 6. The van der Waals surface area contributed by atoms with Crippen molar-refractivity contribution in [2.75, 3.05) is 5.32 Å². The van der Waals surface area contributed by atoms with Gasteiger partial charge in [-0.05, 0) is 43.4 Å². The van der Waals surface area contributed by atoms with Crippen molar-refractivity contribution in [3.05, 3.63) is 68.7 Å². The lowest BCUT2D eigenvalue weighted by molar-refractivity contribution is -0.389. The van der Waals surface area contributed by atoms with Crippen LogP contribution in [0.2, 0.25) is 0 Å². The van der Waals surface area contributed by atoms with Gasteiger partial charge in [-0.15, -0.1) is 0 Å². The van der Waals surface area contributed by atoms with E-state index in [0.29, 0.717) is 28.3 Å². The van der Waals surface area contributed by atoms with Crippen molar-refractivity contribution in [3.63, 3.8) is 0 Å². The number of amides is 1. The maximum Gasteiger partial charge on any atom is 0.416 e. The van der Waals surface area contributed by atoms with Gasteiger partial charge >= 0.3 is 12.0 Å². The van der Waals surface area contributed by atoms with E-state index < -0.39 is 22.6 Å². The minimum Gasteiger partial charge on any atom is -0.358 e. The van der Waals surface area contributed by atoms with Gasteiger partial charge in [-0.2, -0.15) is 23.0 Å². The van der Waals surface area contributed by atoms with Gasteiger partial charge in [-0.1, -0.05) is 12.1 Å². The molecule has 0 saturated carbocycles. The Morgan fingerprint density at radius 3 is 2.48 bits per heavy atom. The molecule has 0 unspecified atom stereocenters. The smallest absolute Gasteiger partial charge is 0.358 e. The summed E-state index contributed by atoms with van der Waals surface area (Å²) in [6, 6.07) is 6.21. The number of anilines is 1. The highest BCUT2D eigenvalue weighted by atomic mass is 19.4. The van der Waals surface area contributed by atoms with Gasteiger partial charge in [0, 0.05) is 0 Å². The molecule has 0 aliphatic heterocycles. The van der Waals surface area contributed by atoms with Crippen molar-refractivity contribution in [3.8, 4) is 0 Å². The molecule has 0 bridgehead atoms. The number of halogens is 3. The molecule has 0 saturated heterocycles. The molecule has 0 aliphatic rings. The average molecular weight is 436 g/mol. The summed E-state index contributed by atoms with van der Waals surface area (Å²) >= 11 is 0. The normalized spacial score (nSPS) is 11.5. The summed E-state index contributed by atoms with van der Waals surface area (Å²) in [5.74, 6) is -0.822. The number of nitro groups is 1. The summed E-state index contributed by atoms with van der Waals surface area (Å²) in [6.07, 6.45) is -4.44.